The summed E-state index contributed by atoms with van der Waals surface area (Å²) in [5.41, 5.74) is 2.90. The molecule has 1 N–H and O–H groups in total. The second-order valence-electron chi connectivity index (χ2n) is 5.75. The Hall–Kier alpha value is -2.33. The topological polar surface area (TPSA) is 41.6 Å². The number of piperazine rings is 1. The van der Waals surface area contributed by atoms with E-state index in [-0.39, 0.29) is 5.97 Å². The SMILES string of the molecule is COC(=O)c1ccccc1N1CCNC[C@@H]1Cc1ccccc1. The van der Waals surface area contributed by atoms with Crippen molar-refractivity contribution in [2.24, 2.45) is 0 Å². The molecule has 1 aliphatic heterocycles. The Bertz CT molecular complexity index is 657. The van der Waals surface area contributed by atoms with Gasteiger partial charge in [-0.15, -0.1) is 0 Å². The van der Waals surface area contributed by atoms with Crippen molar-refractivity contribution in [2.45, 2.75) is 12.5 Å². The molecule has 0 bridgehead atoms. The first-order valence-electron chi connectivity index (χ1n) is 7.98. The number of anilines is 1. The summed E-state index contributed by atoms with van der Waals surface area (Å²) in [7, 11) is 1.43. The lowest BCUT2D eigenvalue weighted by Crippen LogP contribution is -2.52. The van der Waals surface area contributed by atoms with Crippen LogP contribution in [-0.2, 0) is 11.2 Å². The zero-order valence-electron chi connectivity index (χ0n) is 13.4. The first-order valence-corrected chi connectivity index (χ1v) is 7.98. The number of para-hydroxylation sites is 1. The van der Waals surface area contributed by atoms with E-state index in [9.17, 15) is 4.79 Å². The summed E-state index contributed by atoms with van der Waals surface area (Å²) in [5.74, 6) is -0.280. The number of carbonyl (C=O) groups is 1. The molecule has 23 heavy (non-hydrogen) atoms. The molecule has 0 saturated carbocycles. The van der Waals surface area contributed by atoms with Crippen molar-refractivity contribution >= 4 is 11.7 Å². The van der Waals surface area contributed by atoms with Crippen molar-refractivity contribution in [1.29, 1.82) is 0 Å². The molecule has 0 aliphatic carbocycles. The molecule has 4 heteroatoms. The summed E-state index contributed by atoms with van der Waals surface area (Å²) < 4.78 is 4.94. The first kappa shape index (κ1) is 15.6. The highest BCUT2D eigenvalue weighted by molar-refractivity contribution is 5.95. The molecule has 3 rings (SSSR count). The van der Waals surface area contributed by atoms with Gasteiger partial charge in [-0.05, 0) is 24.1 Å². The standard InChI is InChI=1S/C19H22N2O2/c1-23-19(22)17-9-5-6-10-18(17)21-12-11-20-14-16(21)13-15-7-3-2-4-8-15/h2-10,16,20H,11-14H2,1H3/t16-/m0/s1. The number of hydrogen-bond donors (Lipinski definition) is 1. The van der Waals surface area contributed by atoms with Gasteiger partial charge in [-0.25, -0.2) is 4.79 Å². The van der Waals surface area contributed by atoms with Gasteiger partial charge in [0, 0.05) is 25.7 Å². The van der Waals surface area contributed by atoms with Gasteiger partial charge in [-0.2, -0.15) is 0 Å². The van der Waals surface area contributed by atoms with Crippen molar-refractivity contribution in [3.63, 3.8) is 0 Å². The highest BCUT2D eigenvalue weighted by atomic mass is 16.5. The van der Waals surface area contributed by atoms with Crippen LogP contribution in [0.2, 0.25) is 0 Å². The third-order valence-corrected chi connectivity index (χ3v) is 4.28. The maximum atomic E-state index is 12.1. The Morgan fingerprint density at radius 2 is 1.91 bits per heavy atom. The van der Waals surface area contributed by atoms with Crippen LogP contribution in [0.25, 0.3) is 0 Å². The zero-order chi connectivity index (χ0) is 16.1. The van der Waals surface area contributed by atoms with Gasteiger partial charge in [0.25, 0.3) is 0 Å². The fourth-order valence-corrected chi connectivity index (χ4v) is 3.15. The smallest absolute Gasteiger partial charge is 0.339 e. The largest absolute Gasteiger partial charge is 0.465 e. The second kappa shape index (κ2) is 7.29. The molecule has 1 fully saturated rings. The summed E-state index contributed by atoms with van der Waals surface area (Å²) in [5, 5.41) is 3.46. The molecule has 1 aliphatic rings. The van der Waals surface area contributed by atoms with Crippen LogP contribution in [0, 0.1) is 0 Å². The maximum Gasteiger partial charge on any atom is 0.339 e. The van der Waals surface area contributed by atoms with E-state index in [0.717, 1.165) is 31.7 Å². The highest BCUT2D eigenvalue weighted by Gasteiger charge is 2.26. The van der Waals surface area contributed by atoms with Crippen molar-refractivity contribution in [2.75, 3.05) is 31.6 Å². The highest BCUT2D eigenvalue weighted by Crippen LogP contribution is 2.25. The van der Waals surface area contributed by atoms with Gasteiger partial charge in [0.2, 0.25) is 0 Å². The molecule has 2 aromatic carbocycles. The summed E-state index contributed by atoms with van der Waals surface area (Å²) in [6, 6.07) is 18.5. The molecule has 4 nitrogen and oxygen atoms in total. The van der Waals surface area contributed by atoms with Crippen LogP contribution in [0.1, 0.15) is 15.9 Å². The maximum absolute atomic E-state index is 12.1. The normalized spacial score (nSPS) is 17.8. The molecule has 2 aromatic rings. The molecule has 1 atom stereocenters. The van der Waals surface area contributed by atoms with Crippen LogP contribution in [0.3, 0.4) is 0 Å². The number of nitrogens with zero attached hydrogens (tertiary/aromatic N) is 1. The molecule has 1 saturated heterocycles. The number of esters is 1. The summed E-state index contributed by atoms with van der Waals surface area (Å²) in [6.45, 7) is 2.71. The Balaban J connectivity index is 1.88. The lowest BCUT2D eigenvalue weighted by Gasteiger charge is -2.39. The molecule has 0 amide bonds. The van der Waals surface area contributed by atoms with Crippen molar-refractivity contribution in [3.8, 4) is 0 Å². The Kier molecular flexibility index (Phi) is 4.93. The number of hydrogen-bond acceptors (Lipinski definition) is 4. The average molecular weight is 310 g/mol. The average Bonchev–Trinajstić information content (AvgIpc) is 2.62. The number of carbonyl (C=O) groups excluding carboxylic acids is 1. The van der Waals surface area contributed by atoms with E-state index in [2.05, 4.69) is 34.5 Å². The lowest BCUT2D eigenvalue weighted by molar-refractivity contribution is 0.0601. The fourth-order valence-electron chi connectivity index (χ4n) is 3.15. The van der Waals surface area contributed by atoms with E-state index in [4.69, 9.17) is 4.74 Å². The van der Waals surface area contributed by atoms with Crippen molar-refractivity contribution in [1.82, 2.24) is 5.32 Å². The monoisotopic (exact) mass is 310 g/mol. The number of ether oxygens (including phenoxy) is 1. The first-order chi connectivity index (χ1) is 11.3. The summed E-state index contributed by atoms with van der Waals surface area (Å²) in [6.07, 6.45) is 0.948. The Morgan fingerprint density at radius 1 is 1.17 bits per heavy atom. The van der Waals surface area contributed by atoms with E-state index >= 15 is 0 Å². The molecular weight excluding hydrogens is 288 g/mol. The third-order valence-electron chi connectivity index (χ3n) is 4.28. The van der Waals surface area contributed by atoms with E-state index < -0.39 is 0 Å². The van der Waals surface area contributed by atoms with E-state index in [1.807, 2.05) is 30.3 Å². The minimum absolute atomic E-state index is 0.280. The van der Waals surface area contributed by atoms with E-state index in [0.29, 0.717) is 11.6 Å². The van der Waals surface area contributed by atoms with Gasteiger partial charge in [0.05, 0.1) is 18.4 Å². The second-order valence-corrected chi connectivity index (χ2v) is 5.75. The van der Waals surface area contributed by atoms with E-state index in [1.165, 1.54) is 12.7 Å². The predicted octanol–water partition coefficient (Wildman–Crippen LogP) is 2.49. The lowest BCUT2D eigenvalue weighted by atomic mass is 10.0. The molecule has 1 heterocycles. The third kappa shape index (κ3) is 3.54. The number of rotatable bonds is 4. The van der Waals surface area contributed by atoms with Crippen molar-refractivity contribution in [3.05, 3.63) is 65.7 Å². The molecule has 0 radical (unpaired) electrons. The van der Waals surface area contributed by atoms with Crippen LogP contribution in [0.4, 0.5) is 5.69 Å². The van der Waals surface area contributed by atoms with Crippen LogP contribution in [0.15, 0.2) is 54.6 Å². The summed E-state index contributed by atoms with van der Waals surface area (Å²) in [4.78, 5) is 14.4. The molecule has 0 aromatic heterocycles. The van der Waals surface area contributed by atoms with Gasteiger partial charge < -0.3 is 15.0 Å². The van der Waals surface area contributed by atoms with Crippen LogP contribution in [0.5, 0.6) is 0 Å². The van der Waals surface area contributed by atoms with Gasteiger partial charge in [-0.3, -0.25) is 0 Å². The van der Waals surface area contributed by atoms with Gasteiger partial charge in [0.1, 0.15) is 0 Å². The minimum Gasteiger partial charge on any atom is -0.465 e. The Morgan fingerprint density at radius 3 is 2.70 bits per heavy atom. The molecular formula is C19H22N2O2. The van der Waals surface area contributed by atoms with Gasteiger partial charge in [-0.1, -0.05) is 42.5 Å². The Labute approximate surface area is 137 Å². The predicted molar refractivity (Wildman–Crippen MR) is 91.9 cm³/mol. The zero-order valence-corrected chi connectivity index (χ0v) is 13.4. The number of nitrogens with one attached hydrogen (secondary N) is 1. The number of benzene rings is 2. The quantitative estimate of drug-likeness (QED) is 0.881. The summed E-state index contributed by atoms with van der Waals surface area (Å²) >= 11 is 0. The molecule has 0 unspecified atom stereocenters. The fraction of sp³-hybridized carbons (Fsp3) is 0.316. The van der Waals surface area contributed by atoms with Gasteiger partial charge >= 0.3 is 5.97 Å². The van der Waals surface area contributed by atoms with Gasteiger partial charge in [0.15, 0.2) is 0 Å². The molecule has 120 valence electrons. The number of methoxy groups -OCH3 is 1. The van der Waals surface area contributed by atoms with E-state index in [1.54, 1.807) is 0 Å². The van der Waals surface area contributed by atoms with Crippen LogP contribution < -0.4 is 10.2 Å². The van der Waals surface area contributed by atoms with Crippen LogP contribution >= 0.6 is 0 Å². The molecule has 0 spiro atoms. The van der Waals surface area contributed by atoms with Crippen molar-refractivity contribution < 1.29 is 9.53 Å². The van der Waals surface area contributed by atoms with Crippen LogP contribution in [-0.4, -0.2) is 38.8 Å². The minimum atomic E-state index is -0.280.